The topological polar surface area (TPSA) is 88.5 Å². The summed E-state index contributed by atoms with van der Waals surface area (Å²) in [5.41, 5.74) is 1.14. The Hall–Kier alpha value is -3.07. The third kappa shape index (κ3) is 6.93. The van der Waals surface area contributed by atoms with Gasteiger partial charge < -0.3 is 24.2 Å². The predicted octanol–water partition coefficient (Wildman–Crippen LogP) is 5.06. The van der Waals surface area contributed by atoms with Crippen LogP contribution in [0.1, 0.15) is 50.3 Å². The fraction of sp³-hybridized carbons (Fsp3) is 0.467. The molecule has 2 fully saturated rings. The number of morpholine rings is 1. The summed E-state index contributed by atoms with van der Waals surface area (Å²) < 4.78 is 17.3. The number of nitrogens with zero attached hydrogens (tertiary/aromatic N) is 2. The molecule has 1 atom stereocenters. The second-order valence-electron chi connectivity index (χ2n) is 9.65. The van der Waals surface area contributed by atoms with Gasteiger partial charge in [-0.2, -0.15) is 0 Å². The summed E-state index contributed by atoms with van der Waals surface area (Å²) >= 11 is 6.04. The standard InChI is InChI=1S/C30H37ClN2O6/c1-3-5-17-39-24-12-9-22(20-25(24)38-4-2)27-26(28(34)21-7-10-23(31)11-8-21)29(35)30(36)33(27)14-6-13-32-15-18-37-19-16-32/h7-12,20,27,34H,3-6,13-19H2,1-2H3. The Labute approximate surface area is 235 Å². The summed E-state index contributed by atoms with van der Waals surface area (Å²) in [6.45, 7) is 9.19. The van der Waals surface area contributed by atoms with Crippen molar-refractivity contribution in [2.45, 2.75) is 39.2 Å². The molecule has 0 aromatic heterocycles. The van der Waals surface area contributed by atoms with Crippen LogP contribution in [0.15, 0.2) is 48.0 Å². The number of benzene rings is 2. The van der Waals surface area contributed by atoms with Crippen LogP contribution in [0.4, 0.5) is 0 Å². The molecule has 39 heavy (non-hydrogen) atoms. The molecule has 8 nitrogen and oxygen atoms in total. The molecule has 2 heterocycles. The zero-order chi connectivity index (χ0) is 27.8. The normalized spacial score (nSPS) is 19.5. The van der Waals surface area contributed by atoms with Crippen LogP contribution in [0.25, 0.3) is 5.76 Å². The molecule has 2 aliphatic heterocycles. The third-order valence-electron chi connectivity index (χ3n) is 6.97. The van der Waals surface area contributed by atoms with E-state index in [0.29, 0.717) is 67.0 Å². The highest BCUT2D eigenvalue weighted by molar-refractivity contribution is 6.46. The highest BCUT2D eigenvalue weighted by Gasteiger charge is 2.46. The molecule has 9 heteroatoms. The molecule has 1 N–H and O–H groups in total. The number of aliphatic hydroxyl groups excluding tert-OH is 1. The highest BCUT2D eigenvalue weighted by Crippen LogP contribution is 2.42. The quantitative estimate of drug-likeness (QED) is 0.169. The molecule has 2 saturated heterocycles. The van der Waals surface area contributed by atoms with E-state index in [9.17, 15) is 14.7 Å². The summed E-state index contributed by atoms with van der Waals surface area (Å²) in [4.78, 5) is 30.6. The van der Waals surface area contributed by atoms with Crippen molar-refractivity contribution in [1.82, 2.24) is 9.80 Å². The van der Waals surface area contributed by atoms with Gasteiger partial charge in [0, 0.05) is 36.8 Å². The van der Waals surface area contributed by atoms with Crippen molar-refractivity contribution in [1.29, 1.82) is 0 Å². The maximum Gasteiger partial charge on any atom is 0.295 e. The van der Waals surface area contributed by atoms with Crippen molar-refractivity contribution in [3.63, 3.8) is 0 Å². The molecular weight excluding hydrogens is 520 g/mol. The number of Topliss-reactive ketones (excluding diaryl/α,β-unsaturated/α-hetero) is 1. The van der Waals surface area contributed by atoms with Gasteiger partial charge in [-0.05, 0) is 61.7 Å². The van der Waals surface area contributed by atoms with Crippen LogP contribution >= 0.6 is 11.6 Å². The Bertz CT molecular complexity index is 1180. The molecule has 2 aromatic rings. The average molecular weight is 557 g/mol. The molecule has 0 spiro atoms. The number of likely N-dealkylation sites (tertiary alicyclic amines) is 1. The summed E-state index contributed by atoms with van der Waals surface area (Å²) in [7, 11) is 0. The number of hydrogen-bond acceptors (Lipinski definition) is 7. The molecule has 0 aliphatic carbocycles. The van der Waals surface area contributed by atoms with Crippen molar-refractivity contribution >= 4 is 29.1 Å². The first kappa shape index (κ1) is 28.9. The van der Waals surface area contributed by atoms with E-state index in [1.54, 1.807) is 29.2 Å². The second-order valence-corrected chi connectivity index (χ2v) is 10.1. The number of aliphatic hydroxyl groups is 1. The molecular formula is C30H37ClN2O6. The van der Waals surface area contributed by atoms with E-state index < -0.39 is 17.7 Å². The van der Waals surface area contributed by atoms with Crippen molar-refractivity contribution in [2.75, 3.05) is 52.6 Å². The van der Waals surface area contributed by atoms with Crippen LogP contribution in [0.5, 0.6) is 11.5 Å². The first-order chi connectivity index (χ1) is 18.9. The molecule has 0 radical (unpaired) electrons. The minimum Gasteiger partial charge on any atom is -0.507 e. The maximum absolute atomic E-state index is 13.4. The van der Waals surface area contributed by atoms with Crippen molar-refractivity contribution < 1.29 is 28.9 Å². The van der Waals surface area contributed by atoms with Crippen LogP contribution in [0.3, 0.4) is 0 Å². The third-order valence-corrected chi connectivity index (χ3v) is 7.23. The Morgan fingerprint density at radius 1 is 1.00 bits per heavy atom. The van der Waals surface area contributed by atoms with Gasteiger partial charge in [0.05, 0.1) is 38.0 Å². The maximum atomic E-state index is 13.4. The smallest absolute Gasteiger partial charge is 0.295 e. The number of carbonyl (C=O) groups is 2. The lowest BCUT2D eigenvalue weighted by atomic mass is 9.95. The van der Waals surface area contributed by atoms with Gasteiger partial charge in [-0.15, -0.1) is 0 Å². The van der Waals surface area contributed by atoms with Gasteiger partial charge in [-0.1, -0.05) is 31.0 Å². The summed E-state index contributed by atoms with van der Waals surface area (Å²) in [5, 5.41) is 11.8. The molecule has 2 aliphatic rings. The lowest BCUT2D eigenvalue weighted by molar-refractivity contribution is -0.140. The fourth-order valence-electron chi connectivity index (χ4n) is 4.92. The zero-order valence-corrected chi connectivity index (χ0v) is 23.4. The predicted molar refractivity (Wildman–Crippen MR) is 150 cm³/mol. The number of ether oxygens (including phenoxy) is 3. The molecule has 0 saturated carbocycles. The number of amides is 1. The number of unbranched alkanes of at least 4 members (excludes halogenated alkanes) is 1. The van der Waals surface area contributed by atoms with Crippen LogP contribution < -0.4 is 9.47 Å². The van der Waals surface area contributed by atoms with Crippen LogP contribution in [-0.4, -0.2) is 79.2 Å². The first-order valence-electron chi connectivity index (χ1n) is 13.7. The highest BCUT2D eigenvalue weighted by atomic mass is 35.5. The SMILES string of the molecule is CCCCOc1ccc(C2C(=C(O)c3ccc(Cl)cc3)C(=O)C(=O)N2CCCN2CCOCC2)cc1OCC. The van der Waals surface area contributed by atoms with Gasteiger partial charge in [0.25, 0.3) is 11.7 Å². The summed E-state index contributed by atoms with van der Waals surface area (Å²) in [6.07, 6.45) is 2.60. The van der Waals surface area contributed by atoms with Crippen LogP contribution in [-0.2, 0) is 14.3 Å². The van der Waals surface area contributed by atoms with Gasteiger partial charge in [0.1, 0.15) is 5.76 Å². The number of rotatable bonds is 12. The zero-order valence-electron chi connectivity index (χ0n) is 22.7. The van der Waals surface area contributed by atoms with Gasteiger partial charge in [0.2, 0.25) is 0 Å². The number of ketones is 1. The van der Waals surface area contributed by atoms with E-state index >= 15 is 0 Å². The van der Waals surface area contributed by atoms with Crippen molar-refractivity contribution in [3.8, 4) is 11.5 Å². The average Bonchev–Trinajstić information content (AvgIpc) is 3.20. The van der Waals surface area contributed by atoms with Gasteiger partial charge in [-0.3, -0.25) is 14.5 Å². The molecule has 4 rings (SSSR count). The molecule has 1 unspecified atom stereocenters. The van der Waals surface area contributed by atoms with E-state index in [0.717, 1.165) is 32.5 Å². The monoisotopic (exact) mass is 556 g/mol. The molecule has 2 aromatic carbocycles. The molecule has 1 amide bonds. The number of hydrogen-bond donors (Lipinski definition) is 1. The van der Waals surface area contributed by atoms with Gasteiger partial charge in [-0.25, -0.2) is 0 Å². The van der Waals surface area contributed by atoms with E-state index in [2.05, 4.69) is 11.8 Å². The Kier molecular flexibility index (Phi) is 10.3. The number of halogens is 1. The van der Waals surface area contributed by atoms with Gasteiger partial charge >= 0.3 is 0 Å². The van der Waals surface area contributed by atoms with Gasteiger partial charge in [0.15, 0.2) is 11.5 Å². The largest absolute Gasteiger partial charge is 0.507 e. The Balaban J connectivity index is 1.70. The Morgan fingerprint density at radius 2 is 1.74 bits per heavy atom. The van der Waals surface area contributed by atoms with E-state index in [1.807, 2.05) is 25.1 Å². The van der Waals surface area contributed by atoms with Crippen molar-refractivity contribution in [2.24, 2.45) is 0 Å². The molecule has 210 valence electrons. The van der Waals surface area contributed by atoms with Crippen LogP contribution in [0.2, 0.25) is 5.02 Å². The minimum atomic E-state index is -0.769. The van der Waals surface area contributed by atoms with E-state index in [-0.39, 0.29) is 11.3 Å². The lowest BCUT2D eigenvalue weighted by Crippen LogP contribution is -2.39. The fourth-order valence-corrected chi connectivity index (χ4v) is 5.04. The van der Waals surface area contributed by atoms with Crippen molar-refractivity contribution in [3.05, 3.63) is 64.2 Å². The minimum absolute atomic E-state index is 0.0517. The molecule has 0 bridgehead atoms. The first-order valence-corrected chi connectivity index (χ1v) is 14.1. The van der Waals surface area contributed by atoms with E-state index in [1.165, 1.54) is 0 Å². The van der Waals surface area contributed by atoms with E-state index in [4.69, 9.17) is 25.8 Å². The number of carbonyl (C=O) groups excluding carboxylic acids is 2. The van der Waals surface area contributed by atoms with Crippen LogP contribution in [0, 0.1) is 0 Å². The summed E-state index contributed by atoms with van der Waals surface area (Å²) in [6, 6.07) is 11.2. The lowest BCUT2D eigenvalue weighted by Gasteiger charge is -2.29. The second kappa shape index (κ2) is 13.8. The summed E-state index contributed by atoms with van der Waals surface area (Å²) in [5.74, 6) is -0.418. The Morgan fingerprint density at radius 3 is 2.44 bits per heavy atom.